The van der Waals surface area contributed by atoms with Gasteiger partial charge in [-0.25, -0.2) is 0 Å². The molecule has 0 aromatic carbocycles. The maximum atomic E-state index is 8.64. The lowest BCUT2D eigenvalue weighted by molar-refractivity contribution is 0.284. The third kappa shape index (κ3) is 2.84. The van der Waals surface area contributed by atoms with E-state index >= 15 is 0 Å². The molecule has 0 unspecified atom stereocenters. The number of unbranched alkanes of at least 4 members (excludes halogenated alkanes) is 1. The van der Waals surface area contributed by atoms with Crippen molar-refractivity contribution in [1.82, 2.24) is 9.78 Å². The zero-order valence-corrected chi connectivity index (χ0v) is 8.45. The van der Waals surface area contributed by atoms with Gasteiger partial charge in [-0.3, -0.25) is 4.68 Å². The average molecular weight is 182 g/mol. The third-order valence-electron chi connectivity index (χ3n) is 2.23. The van der Waals surface area contributed by atoms with Crippen LogP contribution in [-0.4, -0.2) is 21.5 Å². The minimum atomic E-state index is 0.290. The molecular weight excluding hydrogens is 164 g/mol. The monoisotopic (exact) mass is 182 g/mol. The first-order chi connectivity index (χ1) is 6.27. The summed E-state index contributed by atoms with van der Waals surface area (Å²) in [6.07, 6.45) is 3.93. The first-order valence-electron chi connectivity index (χ1n) is 4.90. The third-order valence-corrected chi connectivity index (χ3v) is 2.23. The zero-order valence-electron chi connectivity index (χ0n) is 8.45. The van der Waals surface area contributed by atoms with E-state index in [-0.39, 0.29) is 0 Å². The smallest absolute Gasteiger partial charge is 0.0624 e. The summed E-state index contributed by atoms with van der Waals surface area (Å²) in [5.41, 5.74) is 2.42. The fourth-order valence-electron chi connectivity index (χ4n) is 1.40. The lowest BCUT2D eigenvalue weighted by Crippen LogP contribution is -1.98. The number of nitrogens with zero attached hydrogens (tertiary/aromatic N) is 2. The molecule has 1 N–H and O–H groups in total. The Morgan fingerprint density at radius 2 is 2.23 bits per heavy atom. The summed E-state index contributed by atoms with van der Waals surface area (Å²) in [6.45, 7) is 2.40. The molecule has 1 rings (SSSR count). The summed E-state index contributed by atoms with van der Waals surface area (Å²) >= 11 is 0. The maximum absolute atomic E-state index is 8.64. The summed E-state index contributed by atoms with van der Waals surface area (Å²) in [5, 5.41) is 13.0. The van der Waals surface area contributed by atoms with Crippen molar-refractivity contribution < 1.29 is 5.11 Å². The normalized spacial score (nSPS) is 10.7. The molecule has 0 amide bonds. The molecule has 0 aliphatic rings. The number of hydrogen-bond acceptors (Lipinski definition) is 2. The van der Waals surface area contributed by atoms with E-state index in [0.29, 0.717) is 6.61 Å². The SMILES string of the molecule is CCc1cc(CCCCO)n(C)n1. The van der Waals surface area contributed by atoms with E-state index in [4.69, 9.17) is 5.11 Å². The highest BCUT2D eigenvalue weighted by atomic mass is 16.2. The molecule has 0 spiro atoms. The lowest BCUT2D eigenvalue weighted by Gasteiger charge is -1.99. The van der Waals surface area contributed by atoms with Gasteiger partial charge in [0, 0.05) is 19.3 Å². The Balaban J connectivity index is 2.50. The molecule has 0 aliphatic heterocycles. The van der Waals surface area contributed by atoms with E-state index < -0.39 is 0 Å². The van der Waals surface area contributed by atoms with Crippen LogP contribution in [-0.2, 0) is 19.9 Å². The molecular formula is C10H18N2O. The van der Waals surface area contributed by atoms with Gasteiger partial charge in [-0.1, -0.05) is 6.92 Å². The van der Waals surface area contributed by atoms with Crippen molar-refractivity contribution in [2.45, 2.75) is 32.6 Å². The minimum absolute atomic E-state index is 0.290. The van der Waals surface area contributed by atoms with Gasteiger partial charge < -0.3 is 5.11 Å². The first-order valence-corrected chi connectivity index (χ1v) is 4.90. The molecule has 13 heavy (non-hydrogen) atoms. The standard InChI is InChI=1S/C10H18N2O/c1-3-9-8-10(12(2)11-9)6-4-5-7-13/h8,13H,3-7H2,1-2H3. The molecule has 1 aromatic rings. The Hall–Kier alpha value is -0.830. The quantitative estimate of drug-likeness (QED) is 0.697. The van der Waals surface area contributed by atoms with Crippen molar-refractivity contribution in [3.63, 3.8) is 0 Å². The van der Waals surface area contributed by atoms with Crippen molar-refractivity contribution in [3.8, 4) is 0 Å². The average Bonchev–Trinajstić information content (AvgIpc) is 2.48. The molecule has 0 saturated heterocycles. The number of aliphatic hydroxyl groups excluding tert-OH is 1. The highest BCUT2D eigenvalue weighted by molar-refractivity contribution is 5.10. The molecule has 0 aliphatic carbocycles. The van der Waals surface area contributed by atoms with Gasteiger partial charge in [0.2, 0.25) is 0 Å². The van der Waals surface area contributed by atoms with Crippen LogP contribution < -0.4 is 0 Å². The van der Waals surface area contributed by atoms with Crippen molar-refractivity contribution >= 4 is 0 Å². The number of rotatable bonds is 5. The fourth-order valence-corrected chi connectivity index (χ4v) is 1.40. The van der Waals surface area contributed by atoms with Crippen molar-refractivity contribution in [2.75, 3.05) is 6.61 Å². The number of aliphatic hydroxyl groups is 1. The van der Waals surface area contributed by atoms with E-state index in [2.05, 4.69) is 18.1 Å². The number of hydrogen-bond donors (Lipinski definition) is 1. The molecule has 0 atom stereocenters. The van der Waals surface area contributed by atoms with E-state index in [1.54, 1.807) is 0 Å². The molecule has 0 bridgehead atoms. The van der Waals surface area contributed by atoms with Crippen LogP contribution in [0.3, 0.4) is 0 Å². The Morgan fingerprint density at radius 3 is 2.77 bits per heavy atom. The van der Waals surface area contributed by atoms with Crippen molar-refractivity contribution in [2.24, 2.45) is 7.05 Å². The highest BCUT2D eigenvalue weighted by Gasteiger charge is 2.02. The summed E-state index contributed by atoms with van der Waals surface area (Å²) < 4.78 is 1.94. The molecule has 74 valence electrons. The van der Waals surface area contributed by atoms with Crippen molar-refractivity contribution in [3.05, 3.63) is 17.5 Å². The van der Waals surface area contributed by atoms with Gasteiger partial charge in [0.05, 0.1) is 5.69 Å². The van der Waals surface area contributed by atoms with Gasteiger partial charge in [0.1, 0.15) is 0 Å². The van der Waals surface area contributed by atoms with Crippen LogP contribution in [0.25, 0.3) is 0 Å². The second-order valence-electron chi connectivity index (χ2n) is 3.28. The molecule has 3 nitrogen and oxygen atoms in total. The van der Waals surface area contributed by atoms with Crippen LogP contribution in [0.15, 0.2) is 6.07 Å². The topological polar surface area (TPSA) is 38.0 Å². The van der Waals surface area contributed by atoms with E-state index in [0.717, 1.165) is 31.4 Å². The Kier molecular flexibility index (Phi) is 3.96. The lowest BCUT2D eigenvalue weighted by atomic mass is 10.2. The van der Waals surface area contributed by atoms with Crippen LogP contribution in [0, 0.1) is 0 Å². The second-order valence-corrected chi connectivity index (χ2v) is 3.28. The van der Waals surface area contributed by atoms with Crippen molar-refractivity contribution in [1.29, 1.82) is 0 Å². The van der Waals surface area contributed by atoms with Crippen LogP contribution in [0.2, 0.25) is 0 Å². The molecule has 3 heteroatoms. The zero-order chi connectivity index (χ0) is 9.68. The fraction of sp³-hybridized carbons (Fsp3) is 0.700. The predicted octanol–water partition coefficient (Wildman–Crippen LogP) is 1.30. The molecule has 1 aromatic heterocycles. The summed E-state index contributed by atoms with van der Waals surface area (Å²) in [5.74, 6) is 0. The summed E-state index contributed by atoms with van der Waals surface area (Å²) in [4.78, 5) is 0. The van der Waals surface area contributed by atoms with Crippen LogP contribution in [0.4, 0.5) is 0 Å². The second kappa shape index (κ2) is 5.02. The van der Waals surface area contributed by atoms with Gasteiger partial charge in [-0.15, -0.1) is 0 Å². The van der Waals surface area contributed by atoms with Gasteiger partial charge in [0.25, 0.3) is 0 Å². The van der Waals surface area contributed by atoms with E-state index in [1.165, 1.54) is 5.69 Å². The Bertz CT molecular complexity index is 255. The molecule has 1 heterocycles. The van der Waals surface area contributed by atoms with E-state index in [1.807, 2.05) is 11.7 Å². The highest BCUT2D eigenvalue weighted by Crippen LogP contribution is 2.07. The number of aromatic nitrogens is 2. The number of aryl methyl sites for hydroxylation is 3. The molecule has 0 radical (unpaired) electrons. The van der Waals surface area contributed by atoms with E-state index in [9.17, 15) is 0 Å². The van der Waals surface area contributed by atoms with Gasteiger partial charge in [-0.05, 0) is 31.7 Å². The van der Waals surface area contributed by atoms with Crippen LogP contribution in [0.5, 0.6) is 0 Å². The minimum Gasteiger partial charge on any atom is -0.396 e. The summed E-state index contributed by atoms with van der Waals surface area (Å²) in [6, 6.07) is 2.15. The predicted molar refractivity (Wildman–Crippen MR) is 52.6 cm³/mol. The maximum Gasteiger partial charge on any atom is 0.0624 e. The first kappa shape index (κ1) is 10.3. The molecule has 0 saturated carbocycles. The largest absolute Gasteiger partial charge is 0.396 e. The Morgan fingerprint density at radius 1 is 1.46 bits per heavy atom. The van der Waals surface area contributed by atoms with Gasteiger partial charge in [-0.2, -0.15) is 5.10 Å². The summed E-state index contributed by atoms with van der Waals surface area (Å²) in [7, 11) is 1.98. The molecule has 0 fully saturated rings. The van der Waals surface area contributed by atoms with Crippen LogP contribution >= 0.6 is 0 Å². The van der Waals surface area contributed by atoms with Crippen LogP contribution in [0.1, 0.15) is 31.2 Å². The Labute approximate surface area is 79.4 Å². The van der Waals surface area contributed by atoms with Gasteiger partial charge in [0.15, 0.2) is 0 Å². The van der Waals surface area contributed by atoms with Gasteiger partial charge >= 0.3 is 0 Å².